The van der Waals surface area contributed by atoms with E-state index >= 15 is 0 Å². The molecule has 7 heteroatoms. The lowest BCUT2D eigenvalue weighted by Gasteiger charge is -2.10. The van der Waals surface area contributed by atoms with Crippen LogP contribution in [-0.2, 0) is 10.0 Å². The third-order valence-corrected chi connectivity index (χ3v) is 3.60. The van der Waals surface area contributed by atoms with Crippen molar-refractivity contribution in [3.63, 3.8) is 0 Å². The van der Waals surface area contributed by atoms with Gasteiger partial charge in [0.15, 0.2) is 0 Å². The van der Waals surface area contributed by atoms with Gasteiger partial charge in [-0.15, -0.1) is 0 Å². The molecule has 15 heavy (non-hydrogen) atoms. The van der Waals surface area contributed by atoms with Gasteiger partial charge in [0.25, 0.3) is 0 Å². The second-order valence-corrected chi connectivity index (χ2v) is 5.12. The van der Waals surface area contributed by atoms with Crippen molar-refractivity contribution >= 4 is 15.7 Å². The fourth-order valence-electron chi connectivity index (χ4n) is 0.947. The summed E-state index contributed by atoms with van der Waals surface area (Å²) in [4.78, 5) is 2.77. The average Bonchev–Trinajstić information content (AvgIpc) is 2.19. The van der Waals surface area contributed by atoms with Gasteiger partial charge < -0.3 is 0 Å². The van der Waals surface area contributed by atoms with Gasteiger partial charge >= 0.3 is 0 Å². The zero-order valence-corrected chi connectivity index (χ0v) is 9.14. The van der Waals surface area contributed by atoms with Gasteiger partial charge in [0.2, 0.25) is 10.0 Å². The maximum Gasteiger partial charge on any atom is 0.242 e. The van der Waals surface area contributed by atoms with Gasteiger partial charge in [-0.3, -0.25) is 0 Å². The molecule has 0 spiro atoms. The fourth-order valence-corrected chi connectivity index (χ4v) is 1.85. The molecule has 0 saturated carbocycles. The summed E-state index contributed by atoms with van der Waals surface area (Å²) in [5, 5.41) is 3.35. The normalized spacial score (nSPS) is 11.1. The molecule has 0 aromatic heterocycles. The highest BCUT2D eigenvalue weighted by Gasteiger charge is 2.16. The van der Waals surface area contributed by atoms with Gasteiger partial charge in [-0.05, 0) is 17.7 Å². The predicted molar refractivity (Wildman–Crippen MR) is 56.1 cm³/mol. The predicted octanol–water partition coefficient (Wildman–Crippen LogP) is 1.88. The van der Waals surface area contributed by atoms with Crippen LogP contribution in [-0.4, -0.2) is 26.8 Å². The number of hydrogen-bond donors (Lipinski definition) is 0. The highest BCUT2D eigenvalue weighted by molar-refractivity contribution is 7.89. The molecule has 0 N–H and O–H groups in total. The third-order valence-electron chi connectivity index (χ3n) is 1.78. The molecule has 0 atom stereocenters. The van der Waals surface area contributed by atoms with E-state index in [-0.39, 0.29) is 4.90 Å². The van der Waals surface area contributed by atoms with Crippen molar-refractivity contribution in [3.8, 4) is 0 Å². The third kappa shape index (κ3) is 2.47. The minimum atomic E-state index is -3.41. The molecule has 0 saturated heterocycles. The van der Waals surface area contributed by atoms with E-state index in [0.29, 0.717) is 5.69 Å². The first-order valence-electron chi connectivity index (χ1n) is 4.06. The first-order chi connectivity index (χ1) is 6.98. The molecule has 6 nitrogen and oxygen atoms in total. The number of hydrogen-bond acceptors (Lipinski definition) is 3. The van der Waals surface area contributed by atoms with Crippen LogP contribution in [0.15, 0.2) is 34.3 Å². The molecule has 0 aliphatic heterocycles. The minimum absolute atomic E-state index is 0.171. The summed E-state index contributed by atoms with van der Waals surface area (Å²) in [6.45, 7) is 0. The van der Waals surface area contributed by atoms with Gasteiger partial charge in [-0.1, -0.05) is 17.2 Å². The zero-order valence-electron chi connectivity index (χ0n) is 8.32. The van der Waals surface area contributed by atoms with Gasteiger partial charge in [-0.25, -0.2) is 12.7 Å². The molecule has 1 rings (SSSR count). The van der Waals surface area contributed by atoms with E-state index in [1.807, 2.05) is 0 Å². The Balaban J connectivity index is 3.15. The fraction of sp³-hybridized carbons (Fsp3) is 0.250. The van der Waals surface area contributed by atoms with E-state index < -0.39 is 10.0 Å². The molecular formula is C8H10N4O2S. The van der Waals surface area contributed by atoms with E-state index in [2.05, 4.69) is 10.0 Å². The summed E-state index contributed by atoms with van der Waals surface area (Å²) in [5.41, 5.74) is 8.55. The van der Waals surface area contributed by atoms with E-state index in [1.54, 1.807) is 0 Å². The number of sulfonamides is 1. The monoisotopic (exact) mass is 226 g/mol. The second kappa shape index (κ2) is 4.31. The molecule has 80 valence electrons. The van der Waals surface area contributed by atoms with Crippen LogP contribution in [0, 0.1) is 0 Å². The lowest BCUT2D eigenvalue weighted by molar-refractivity contribution is 0.521. The van der Waals surface area contributed by atoms with E-state index in [4.69, 9.17) is 5.53 Å². The SMILES string of the molecule is CN(C)S(=O)(=O)c1ccc(N=[N+]=[N-])cc1. The van der Waals surface area contributed by atoms with Crippen LogP contribution < -0.4 is 0 Å². The molecular weight excluding hydrogens is 216 g/mol. The average molecular weight is 226 g/mol. The zero-order chi connectivity index (χ0) is 11.5. The Morgan fingerprint density at radius 1 is 1.27 bits per heavy atom. The van der Waals surface area contributed by atoms with Crippen LogP contribution in [0.4, 0.5) is 5.69 Å². The van der Waals surface area contributed by atoms with E-state index in [1.165, 1.54) is 38.4 Å². The molecule has 1 aromatic carbocycles. The maximum atomic E-state index is 11.6. The van der Waals surface area contributed by atoms with Crippen molar-refractivity contribution < 1.29 is 8.42 Å². The Morgan fingerprint density at radius 2 is 1.80 bits per heavy atom. The van der Waals surface area contributed by atoms with Crippen molar-refractivity contribution in [1.82, 2.24) is 4.31 Å². The smallest absolute Gasteiger partial charge is 0.207 e. The summed E-state index contributed by atoms with van der Waals surface area (Å²) >= 11 is 0. The Kier molecular flexibility index (Phi) is 3.31. The van der Waals surface area contributed by atoms with Crippen molar-refractivity contribution in [3.05, 3.63) is 34.7 Å². The Hall–Kier alpha value is -1.56. The first-order valence-corrected chi connectivity index (χ1v) is 5.50. The topological polar surface area (TPSA) is 86.1 Å². The number of nitrogens with zero attached hydrogens (tertiary/aromatic N) is 4. The number of rotatable bonds is 3. The molecule has 0 heterocycles. The van der Waals surface area contributed by atoms with Gasteiger partial charge in [0, 0.05) is 24.7 Å². The van der Waals surface area contributed by atoms with Gasteiger partial charge in [-0.2, -0.15) is 0 Å². The quantitative estimate of drug-likeness (QED) is 0.447. The van der Waals surface area contributed by atoms with Crippen LogP contribution >= 0.6 is 0 Å². The summed E-state index contributed by atoms with van der Waals surface area (Å²) in [7, 11) is -0.500. The Labute approximate surface area is 87.8 Å². The summed E-state index contributed by atoms with van der Waals surface area (Å²) < 4.78 is 24.4. The maximum absolute atomic E-state index is 11.6. The van der Waals surface area contributed by atoms with Crippen LogP contribution in [0.2, 0.25) is 0 Å². The van der Waals surface area contributed by atoms with Crippen molar-refractivity contribution in [2.75, 3.05) is 14.1 Å². The van der Waals surface area contributed by atoms with E-state index in [9.17, 15) is 8.42 Å². The van der Waals surface area contributed by atoms with E-state index in [0.717, 1.165) is 4.31 Å². The minimum Gasteiger partial charge on any atom is -0.207 e. The number of azide groups is 1. The summed E-state index contributed by atoms with van der Waals surface area (Å²) in [6.07, 6.45) is 0. The van der Waals surface area contributed by atoms with Crippen LogP contribution in [0.3, 0.4) is 0 Å². The second-order valence-electron chi connectivity index (χ2n) is 2.97. The van der Waals surface area contributed by atoms with Crippen LogP contribution in [0.1, 0.15) is 0 Å². The van der Waals surface area contributed by atoms with Crippen molar-refractivity contribution in [1.29, 1.82) is 0 Å². The Bertz CT molecular complexity index is 486. The highest BCUT2D eigenvalue weighted by atomic mass is 32.2. The molecule has 0 unspecified atom stereocenters. The molecule has 0 fully saturated rings. The van der Waals surface area contributed by atoms with Crippen molar-refractivity contribution in [2.45, 2.75) is 4.90 Å². The first kappa shape index (κ1) is 11.5. The highest BCUT2D eigenvalue weighted by Crippen LogP contribution is 2.18. The lowest BCUT2D eigenvalue weighted by Crippen LogP contribution is -2.21. The largest absolute Gasteiger partial charge is 0.242 e. The van der Waals surface area contributed by atoms with Crippen molar-refractivity contribution in [2.24, 2.45) is 5.11 Å². The molecule has 0 amide bonds. The summed E-state index contributed by atoms with van der Waals surface area (Å²) in [6, 6.07) is 5.71. The lowest BCUT2D eigenvalue weighted by atomic mass is 10.3. The molecule has 0 bridgehead atoms. The molecule has 0 radical (unpaired) electrons. The molecule has 1 aromatic rings. The Morgan fingerprint density at radius 3 is 2.20 bits per heavy atom. The van der Waals surface area contributed by atoms with Gasteiger partial charge in [0.1, 0.15) is 0 Å². The standard InChI is InChI=1S/C8H10N4O2S/c1-12(2)15(13,14)8-5-3-7(4-6-8)10-11-9/h3-6H,1-2H3. The summed E-state index contributed by atoms with van der Waals surface area (Å²) in [5.74, 6) is 0. The van der Waals surface area contributed by atoms with Gasteiger partial charge in [0.05, 0.1) is 4.90 Å². The molecule has 0 aliphatic carbocycles. The van der Waals surface area contributed by atoms with Crippen LogP contribution in [0.5, 0.6) is 0 Å². The van der Waals surface area contributed by atoms with Crippen LogP contribution in [0.25, 0.3) is 10.4 Å². The molecule has 0 aliphatic rings. The number of benzene rings is 1.